The van der Waals surface area contributed by atoms with Gasteiger partial charge in [0.25, 0.3) is 0 Å². The average Bonchev–Trinajstić information content (AvgIpc) is 2.14. The molecule has 1 aromatic carbocycles. The predicted molar refractivity (Wildman–Crippen MR) is 61.8 cm³/mol. The highest BCUT2D eigenvalue weighted by atomic mass is 35.5. The molecule has 0 atom stereocenters. The van der Waals surface area contributed by atoms with Crippen LogP contribution in [0.2, 0.25) is 5.02 Å². The van der Waals surface area contributed by atoms with Gasteiger partial charge in [0.15, 0.2) is 0 Å². The molecular weight excluding hydrogens is 230 g/mol. The lowest BCUT2D eigenvalue weighted by Gasteiger charge is -2.17. The average molecular weight is 244 g/mol. The summed E-state index contributed by atoms with van der Waals surface area (Å²) in [5.41, 5.74) is -0.965. The first-order valence-electron chi connectivity index (χ1n) is 4.80. The first kappa shape index (κ1) is 12.8. The van der Waals surface area contributed by atoms with Crippen molar-refractivity contribution in [2.24, 2.45) is 0 Å². The first-order valence-corrected chi connectivity index (χ1v) is 5.18. The van der Waals surface area contributed by atoms with Crippen LogP contribution in [0.3, 0.4) is 0 Å². The lowest BCUT2D eigenvalue weighted by Crippen LogP contribution is -2.39. The van der Waals surface area contributed by atoms with Gasteiger partial charge in [0.2, 0.25) is 0 Å². The van der Waals surface area contributed by atoms with Crippen LogP contribution in [0.25, 0.3) is 0 Å². The zero-order valence-corrected chi connectivity index (χ0v) is 9.91. The van der Waals surface area contributed by atoms with E-state index in [0.717, 1.165) is 0 Å². The standard InChI is InChI=1S/C11H14ClNO3/c1-11(2,15)7-13-10(14)16-9-5-3-4-8(12)6-9/h3-6,15H,7H2,1-2H3,(H,13,14). The van der Waals surface area contributed by atoms with Gasteiger partial charge in [-0.15, -0.1) is 0 Å². The van der Waals surface area contributed by atoms with E-state index in [4.69, 9.17) is 16.3 Å². The zero-order chi connectivity index (χ0) is 12.2. The van der Waals surface area contributed by atoms with E-state index in [9.17, 15) is 9.90 Å². The second kappa shape index (κ2) is 5.18. The summed E-state index contributed by atoms with van der Waals surface area (Å²) in [4.78, 5) is 11.3. The van der Waals surface area contributed by atoms with E-state index in [-0.39, 0.29) is 6.54 Å². The van der Waals surface area contributed by atoms with Crippen molar-refractivity contribution < 1.29 is 14.6 Å². The lowest BCUT2D eigenvalue weighted by molar-refractivity contribution is 0.0791. The molecule has 0 aliphatic carbocycles. The summed E-state index contributed by atoms with van der Waals surface area (Å²) in [6.45, 7) is 3.30. The molecule has 0 saturated carbocycles. The summed E-state index contributed by atoms with van der Waals surface area (Å²) in [6.07, 6.45) is -0.621. The molecule has 0 saturated heterocycles. The fraction of sp³-hybridized carbons (Fsp3) is 0.364. The largest absolute Gasteiger partial charge is 0.412 e. The third-order valence-electron chi connectivity index (χ3n) is 1.67. The van der Waals surface area contributed by atoms with Gasteiger partial charge in [0, 0.05) is 11.6 Å². The second-order valence-electron chi connectivity index (χ2n) is 4.01. The summed E-state index contributed by atoms with van der Waals surface area (Å²) in [7, 11) is 0. The Morgan fingerprint density at radius 1 is 1.56 bits per heavy atom. The molecule has 0 heterocycles. The highest BCUT2D eigenvalue weighted by Gasteiger charge is 2.14. The molecule has 4 nitrogen and oxygen atoms in total. The fourth-order valence-electron chi connectivity index (χ4n) is 0.962. The summed E-state index contributed by atoms with van der Waals surface area (Å²) in [5, 5.41) is 12.3. The number of ether oxygens (including phenoxy) is 1. The van der Waals surface area contributed by atoms with Gasteiger partial charge in [-0.25, -0.2) is 4.79 Å². The molecule has 1 amide bonds. The van der Waals surface area contributed by atoms with Crippen molar-refractivity contribution in [3.8, 4) is 5.75 Å². The number of aliphatic hydroxyl groups is 1. The van der Waals surface area contributed by atoms with Crippen LogP contribution in [0.4, 0.5) is 4.79 Å². The molecule has 1 aromatic rings. The van der Waals surface area contributed by atoms with Crippen LogP contribution in [0.1, 0.15) is 13.8 Å². The Hall–Kier alpha value is -1.26. The van der Waals surface area contributed by atoms with Gasteiger partial charge >= 0.3 is 6.09 Å². The molecular formula is C11H14ClNO3. The Morgan fingerprint density at radius 2 is 2.25 bits per heavy atom. The second-order valence-corrected chi connectivity index (χ2v) is 4.45. The van der Waals surface area contributed by atoms with E-state index in [1.54, 1.807) is 32.0 Å². The predicted octanol–water partition coefficient (Wildman–Crippen LogP) is 2.20. The summed E-state index contributed by atoms with van der Waals surface area (Å²) < 4.78 is 4.94. The topological polar surface area (TPSA) is 58.6 Å². The fourth-order valence-corrected chi connectivity index (χ4v) is 1.14. The van der Waals surface area contributed by atoms with Crippen molar-refractivity contribution in [3.63, 3.8) is 0 Å². The zero-order valence-electron chi connectivity index (χ0n) is 9.16. The first-order chi connectivity index (χ1) is 7.37. The van der Waals surface area contributed by atoms with Crippen molar-refractivity contribution >= 4 is 17.7 Å². The molecule has 0 aromatic heterocycles. The maximum absolute atomic E-state index is 11.3. The maximum atomic E-state index is 11.3. The van der Waals surface area contributed by atoms with Crippen LogP contribution < -0.4 is 10.1 Å². The normalized spacial score (nSPS) is 11.0. The number of benzene rings is 1. The van der Waals surface area contributed by atoms with E-state index in [1.165, 1.54) is 6.07 Å². The van der Waals surface area contributed by atoms with Gasteiger partial charge in [-0.3, -0.25) is 0 Å². The van der Waals surface area contributed by atoms with Crippen molar-refractivity contribution in [2.75, 3.05) is 6.54 Å². The summed E-state index contributed by atoms with van der Waals surface area (Å²) in [6, 6.07) is 6.52. The molecule has 1 rings (SSSR count). The molecule has 0 aliphatic rings. The van der Waals surface area contributed by atoms with E-state index in [1.807, 2.05) is 0 Å². The SMILES string of the molecule is CC(C)(O)CNC(=O)Oc1cccc(Cl)c1. The minimum atomic E-state index is -0.965. The lowest BCUT2D eigenvalue weighted by atomic mass is 10.1. The number of nitrogens with one attached hydrogen (secondary N) is 1. The Bertz CT molecular complexity index is 374. The molecule has 0 fully saturated rings. The van der Waals surface area contributed by atoms with Crippen LogP contribution in [-0.4, -0.2) is 23.3 Å². The number of halogens is 1. The Morgan fingerprint density at radius 3 is 2.81 bits per heavy atom. The van der Waals surface area contributed by atoms with E-state index < -0.39 is 11.7 Å². The monoisotopic (exact) mass is 243 g/mol. The van der Waals surface area contributed by atoms with Gasteiger partial charge in [-0.05, 0) is 32.0 Å². The number of rotatable bonds is 3. The van der Waals surface area contributed by atoms with Crippen LogP contribution >= 0.6 is 11.6 Å². The maximum Gasteiger partial charge on any atom is 0.412 e. The molecule has 2 N–H and O–H groups in total. The van der Waals surface area contributed by atoms with Crippen molar-refractivity contribution in [1.82, 2.24) is 5.32 Å². The van der Waals surface area contributed by atoms with Gasteiger partial charge in [-0.1, -0.05) is 17.7 Å². The summed E-state index contributed by atoms with van der Waals surface area (Å²) >= 11 is 5.73. The highest BCUT2D eigenvalue weighted by molar-refractivity contribution is 6.30. The number of hydrogen-bond acceptors (Lipinski definition) is 3. The van der Waals surface area contributed by atoms with Gasteiger partial charge in [-0.2, -0.15) is 0 Å². The molecule has 5 heteroatoms. The molecule has 0 unspecified atom stereocenters. The molecule has 16 heavy (non-hydrogen) atoms. The summed E-state index contributed by atoms with van der Waals surface area (Å²) in [5.74, 6) is 0.362. The number of amides is 1. The number of hydrogen-bond donors (Lipinski definition) is 2. The van der Waals surface area contributed by atoms with Gasteiger partial charge in [0.05, 0.1) is 5.60 Å². The van der Waals surface area contributed by atoms with E-state index in [0.29, 0.717) is 10.8 Å². The van der Waals surface area contributed by atoms with Gasteiger partial charge < -0.3 is 15.2 Å². The minimum Gasteiger partial charge on any atom is -0.410 e. The van der Waals surface area contributed by atoms with E-state index in [2.05, 4.69) is 5.32 Å². The van der Waals surface area contributed by atoms with Crippen LogP contribution in [-0.2, 0) is 0 Å². The molecule has 0 spiro atoms. The van der Waals surface area contributed by atoms with Crippen molar-refractivity contribution in [2.45, 2.75) is 19.4 Å². The van der Waals surface area contributed by atoms with Crippen LogP contribution in [0, 0.1) is 0 Å². The molecule has 0 bridgehead atoms. The highest BCUT2D eigenvalue weighted by Crippen LogP contribution is 2.17. The van der Waals surface area contributed by atoms with Gasteiger partial charge in [0.1, 0.15) is 5.75 Å². The smallest absolute Gasteiger partial charge is 0.410 e. The van der Waals surface area contributed by atoms with Crippen molar-refractivity contribution in [1.29, 1.82) is 0 Å². The molecule has 0 aliphatic heterocycles. The third-order valence-corrected chi connectivity index (χ3v) is 1.91. The third kappa shape index (κ3) is 5.00. The number of carbonyl (C=O) groups excluding carboxylic acids is 1. The van der Waals surface area contributed by atoms with Crippen LogP contribution in [0.5, 0.6) is 5.75 Å². The Labute approximate surface area is 99.2 Å². The molecule has 0 radical (unpaired) electrons. The Balaban J connectivity index is 2.46. The molecule has 88 valence electrons. The van der Waals surface area contributed by atoms with E-state index >= 15 is 0 Å². The number of carbonyl (C=O) groups is 1. The Kier molecular flexibility index (Phi) is 4.15. The van der Waals surface area contributed by atoms with Crippen molar-refractivity contribution in [3.05, 3.63) is 29.3 Å². The minimum absolute atomic E-state index is 0.117. The van der Waals surface area contributed by atoms with Crippen LogP contribution in [0.15, 0.2) is 24.3 Å². The quantitative estimate of drug-likeness (QED) is 0.856.